The Hall–Kier alpha value is -2.74. The van der Waals surface area contributed by atoms with Gasteiger partial charge in [0.15, 0.2) is 0 Å². The van der Waals surface area contributed by atoms with Crippen molar-refractivity contribution in [3.8, 4) is 0 Å². The van der Waals surface area contributed by atoms with Crippen molar-refractivity contribution in [1.82, 2.24) is 14.5 Å². The summed E-state index contributed by atoms with van der Waals surface area (Å²) in [5, 5.41) is 16.2. The molecule has 1 saturated carbocycles. The highest BCUT2D eigenvalue weighted by molar-refractivity contribution is 5.81. The van der Waals surface area contributed by atoms with Crippen molar-refractivity contribution in [3.63, 3.8) is 0 Å². The predicted molar refractivity (Wildman–Crippen MR) is 109 cm³/mol. The lowest BCUT2D eigenvalue weighted by Crippen LogP contribution is -2.22. The highest BCUT2D eigenvalue weighted by atomic mass is 19.1. The quantitative estimate of drug-likeness (QED) is 0.575. The number of aliphatic hydroxyl groups excluding tert-OH is 1. The summed E-state index contributed by atoms with van der Waals surface area (Å²) in [4.78, 5) is 9.04. The van der Waals surface area contributed by atoms with Crippen LogP contribution < -0.4 is 10.6 Å². The molecule has 0 atom stereocenters. The number of hydrogen-bond acceptors (Lipinski definition) is 5. The summed E-state index contributed by atoms with van der Waals surface area (Å²) in [5.74, 6) is -0.0845. The second-order valence-corrected chi connectivity index (χ2v) is 7.87. The fourth-order valence-corrected chi connectivity index (χ4v) is 3.86. The minimum Gasteiger partial charge on any atom is -0.393 e. The number of nitrogens with one attached hydrogen (secondary N) is 2. The predicted octanol–water partition coefficient (Wildman–Crippen LogP) is 4.75. The molecular weight excluding hydrogens is 376 g/mol. The normalized spacial score (nSPS) is 19.7. The molecule has 4 rings (SSSR count). The van der Waals surface area contributed by atoms with Gasteiger partial charge in [-0.15, -0.1) is 0 Å². The summed E-state index contributed by atoms with van der Waals surface area (Å²) in [6.45, 7) is 4.08. The van der Waals surface area contributed by atoms with E-state index in [1.54, 1.807) is 6.20 Å². The number of rotatable bonds is 5. The average Bonchev–Trinajstić information content (AvgIpc) is 3.01. The van der Waals surface area contributed by atoms with Crippen LogP contribution in [0.2, 0.25) is 0 Å². The van der Waals surface area contributed by atoms with E-state index in [0.29, 0.717) is 24.3 Å². The molecule has 1 fully saturated rings. The van der Waals surface area contributed by atoms with Crippen LogP contribution in [0.5, 0.6) is 0 Å². The van der Waals surface area contributed by atoms with E-state index in [1.807, 2.05) is 19.9 Å². The second-order valence-electron chi connectivity index (χ2n) is 7.87. The maximum absolute atomic E-state index is 14.2. The molecule has 0 saturated heterocycles. The van der Waals surface area contributed by atoms with Crippen LogP contribution in [0.1, 0.15) is 45.6 Å². The number of benzene rings is 1. The van der Waals surface area contributed by atoms with E-state index in [9.17, 15) is 13.9 Å². The summed E-state index contributed by atoms with van der Waals surface area (Å²) in [7, 11) is 0. The van der Waals surface area contributed by atoms with Gasteiger partial charge in [-0.05, 0) is 51.7 Å². The summed E-state index contributed by atoms with van der Waals surface area (Å²) in [6.07, 6.45) is 4.41. The van der Waals surface area contributed by atoms with Gasteiger partial charge in [0.1, 0.15) is 23.0 Å². The molecule has 0 bridgehead atoms. The molecule has 1 aliphatic rings. The minimum absolute atomic E-state index is 0.115. The van der Waals surface area contributed by atoms with Crippen LogP contribution in [0.3, 0.4) is 0 Å². The van der Waals surface area contributed by atoms with Crippen LogP contribution in [0.15, 0.2) is 30.5 Å². The first-order chi connectivity index (χ1) is 13.9. The standard InChI is InChI=1S/C21H25F2N5O/c1-12(2)25-20-10-19-18(11-24-20)27-21(26-17-8-3-13(22)9-16(17)23)28(19)14-4-6-15(29)7-5-14/h3,8-12,14-15,29H,4-7H2,1-2H3,(H,24,25)(H,26,27). The maximum atomic E-state index is 14.2. The Balaban J connectivity index is 1.78. The molecular formula is C21H25F2N5O. The number of pyridine rings is 1. The van der Waals surface area contributed by atoms with Gasteiger partial charge in [0, 0.05) is 24.2 Å². The van der Waals surface area contributed by atoms with Crippen LogP contribution >= 0.6 is 0 Å². The van der Waals surface area contributed by atoms with Gasteiger partial charge in [0.05, 0.1) is 23.5 Å². The molecule has 0 amide bonds. The highest BCUT2D eigenvalue weighted by Crippen LogP contribution is 2.36. The van der Waals surface area contributed by atoms with E-state index in [0.717, 1.165) is 30.2 Å². The number of hydrogen-bond donors (Lipinski definition) is 3. The molecule has 0 spiro atoms. The Morgan fingerprint density at radius 3 is 2.59 bits per heavy atom. The monoisotopic (exact) mass is 401 g/mol. The smallest absolute Gasteiger partial charge is 0.208 e. The van der Waals surface area contributed by atoms with Gasteiger partial charge in [0.2, 0.25) is 5.95 Å². The van der Waals surface area contributed by atoms with Crippen LogP contribution in [-0.4, -0.2) is 31.8 Å². The first-order valence-corrected chi connectivity index (χ1v) is 9.95. The van der Waals surface area contributed by atoms with Crippen molar-refractivity contribution in [1.29, 1.82) is 0 Å². The summed E-state index contributed by atoms with van der Waals surface area (Å²) >= 11 is 0. The number of imidazole rings is 1. The molecule has 2 heterocycles. The number of nitrogens with zero attached hydrogens (tertiary/aromatic N) is 3. The van der Waals surface area contributed by atoms with Crippen molar-refractivity contribution in [2.45, 2.75) is 57.7 Å². The zero-order valence-electron chi connectivity index (χ0n) is 16.5. The molecule has 1 aliphatic carbocycles. The van der Waals surface area contributed by atoms with Gasteiger partial charge >= 0.3 is 0 Å². The Morgan fingerprint density at radius 2 is 1.90 bits per heavy atom. The summed E-state index contributed by atoms with van der Waals surface area (Å²) in [6, 6.07) is 5.71. The number of fused-ring (bicyclic) bond motifs is 1. The zero-order valence-corrected chi connectivity index (χ0v) is 16.5. The van der Waals surface area contributed by atoms with Crippen LogP contribution in [0, 0.1) is 11.6 Å². The molecule has 0 radical (unpaired) electrons. The highest BCUT2D eigenvalue weighted by Gasteiger charge is 2.25. The van der Waals surface area contributed by atoms with Crippen molar-refractivity contribution < 1.29 is 13.9 Å². The average molecular weight is 401 g/mol. The fourth-order valence-electron chi connectivity index (χ4n) is 3.86. The molecule has 29 heavy (non-hydrogen) atoms. The first-order valence-electron chi connectivity index (χ1n) is 9.95. The van der Waals surface area contributed by atoms with Gasteiger partial charge in [-0.1, -0.05) is 0 Å². The molecule has 154 valence electrons. The summed E-state index contributed by atoms with van der Waals surface area (Å²) < 4.78 is 29.6. The lowest BCUT2D eigenvalue weighted by atomic mass is 9.93. The largest absolute Gasteiger partial charge is 0.393 e. The van der Waals surface area contributed by atoms with Crippen molar-refractivity contribution in [3.05, 3.63) is 42.1 Å². The molecule has 1 aromatic carbocycles. The molecule has 0 unspecified atom stereocenters. The Labute approximate surface area is 168 Å². The van der Waals surface area contributed by atoms with E-state index >= 15 is 0 Å². The van der Waals surface area contributed by atoms with E-state index in [1.165, 1.54) is 12.1 Å². The van der Waals surface area contributed by atoms with Crippen LogP contribution in [0.25, 0.3) is 11.0 Å². The lowest BCUT2D eigenvalue weighted by molar-refractivity contribution is 0.112. The number of anilines is 3. The second kappa shape index (κ2) is 7.94. The zero-order chi connectivity index (χ0) is 20.5. The third kappa shape index (κ3) is 4.17. The van der Waals surface area contributed by atoms with Crippen molar-refractivity contribution in [2.24, 2.45) is 0 Å². The van der Waals surface area contributed by atoms with E-state index in [4.69, 9.17) is 0 Å². The molecule has 8 heteroatoms. The van der Waals surface area contributed by atoms with Gasteiger partial charge in [-0.3, -0.25) is 0 Å². The Kier molecular flexibility index (Phi) is 5.36. The summed E-state index contributed by atoms with van der Waals surface area (Å²) in [5.41, 5.74) is 1.73. The third-order valence-corrected chi connectivity index (χ3v) is 5.22. The molecule has 3 N–H and O–H groups in total. The van der Waals surface area contributed by atoms with Gasteiger partial charge in [-0.25, -0.2) is 18.7 Å². The van der Waals surface area contributed by atoms with Crippen molar-refractivity contribution >= 4 is 28.5 Å². The molecule has 3 aromatic rings. The van der Waals surface area contributed by atoms with Crippen molar-refractivity contribution in [2.75, 3.05) is 10.6 Å². The number of aliphatic hydroxyl groups is 1. The van der Waals surface area contributed by atoms with Gasteiger partial charge in [-0.2, -0.15) is 0 Å². The topological polar surface area (TPSA) is 75.0 Å². The minimum atomic E-state index is -0.678. The SMILES string of the molecule is CC(C)Nc1cc2c(cn1)nc(Nc1ccc(F)cc1F)n2C1CCC(O)CC1. The molecule has 6 nitrogen and oxygen atoms in total. The van der Waals surface area contributed by atoms with E-state index < -0.39 is 11.6 Å². The van der Waals surface area contributed by atoms with E-state index in [-0.39, 0.29) is 23.9 Å². The maximum Gasteiger partial charge on any atom is 0.208 e. The Bertz CT molecular complexity index is 1010. The first kappa shape index (κ1) is 19.6. The van der Waals surface area contributed by atoms with Crippen LogP contribution in [-0.2, 0) is 0 Å². The van der Waals surface area contributed by atoms with Gasteiger partial charge < -0.3 is 20.3 Å². The molecule has 0 aliphatic heterocycles. The Morgan fingerprint density at radius 1 is 1.14 bits per heavy atom. The van der Waals surface area contributed by atoms with Crippen LogP contribution in [0.4, 0.5) is 26.2 Å². The van der Waals surface area contributed by atoms with E-state index in [2.05, 4.69) is 25.2 Å². The van der Waals surface area contributed by atoms with Gasteiger partial charge in [0.25, 0.3) is 0 Å². The number of aromatic nitrogens is 3. The molecule has 2 aromatic heterocycles. The number of halogens is 2. The fraction of sp³-hybridized carbons (Fsp3) is 0.429. The lowest BCUT2D eigenvalue weighted by Gasteiger charge is -2.28. The third-order valence-electron chi connectivity index (χ3n) is 5.22.